The zero-order valence-electron chi connectivity index (χ0n) is 12.2. The van der Waals surface area contributed by atoms with Crippen LogP contribution in [0.4, 0.5) is 0 Å². The summed E-state index contributed by atoms with van der Waals surface area (Å²) in [7, 11) is 1.53. The minimum atomic E-state index is -1.50. The Balaban J connectivity index is 2.24. The first kappa shape index (κ1) is 16.6. The Morgan fingerprint density at radius 3 is 2.35 bits per heavy atom. The number of carbonyl (C=O) groups excluding carboxylic acids is 2. The van der Waals surface area contributed by atoms with E-state index in [2.05, 4.69) is 5.32 Å². The van der Waals surface area contributed by atoms with Crippen molar-refractivity contribution >= 4 is 29.6 Å². The largest absolute Gasteiger partial charge is 0.543 e. The number of aliphatic carboxylic acids is 1. The fourth-order valence-corrected chi connectivity index (χ4v) is 2.07. The molecule has 0 unspecified atom stereocenters. The fraction of sp³-hybridized carbons (Fsp3) is 0.0588. The Labute approximate surface area is 138 Å². The Kier molecular flexibility index (Phi) is 5.38. The number of nitrogens with one attached hydrogen (secondary N) is 1. The topological polar surface area (TPSA) is 78.5 Å². The molecular weight excluding hydrogens is 318 g/mol. The molecule has 23 heavy (non-hydrogen) atoms. The number of carboxylic acid groups (broad SMARTS) is 1. The van der Waals surface area contributed by atoms with Gasteiger partial charge >= 0.3 is 0 Å². The molecule has 0 saturated carbocycles. The molecule has 118 valence electrons. The Morgan fingerprint density at radius 2 is 1.78 bits per heavy atom. The molecule has 0 aromatic heterocycles. The summed E-state index contributed by atoms with van der Waals surface area (Å²) in [6, 6.07) is 13.0. The third-order valence-electron chi connectivity index (χ3n) is 3.01. The third-order valence-corrected chi connectivity index (χ3v) is 3.34. The number of carboxylic acids is 1. The first-order valence-corrected chi connectivity index (χ1v) is 7.02. The van der Waals surface area contributed by atoms with Crippen molar-refractivity contribution < 1.29 is 19.4 Å². The number of methoxy groups -OCH3 is 1. The molecule has 0 heterocycles. The van der Waals surface area contributed by atoms with E-state index in [1.165, 1.54) is 19.3 Å². The standard InChI is InChI=1S/C17H14ClNO4/c1-23-12-8-6-11(7-9-12)10-15(17(21)22)19-16(20)13-4-2-3-5-14(13)18/h2-10H,1H3,(H,19,20)(H,21,22)/p-1. The first-order valence-electron chi connectivity index (χ1n) is 6.64. The highest BCUT2D eigenvalue weighted by Crippen LogP contribution is 2.16. The van der Waals surface area contributed by atoms with Gasteiger partial charge in [0.2, 0.25) is 0 Å². The van der Waals surface area contributed by atoms with Crippen molar-refractivity contribution in [1.82, 2.24) is 5.32 Å². The van der Waals surface area contributed by atoms with Crippen LogP contribution in [0.3, 0.4) is 0 Å². The second-order valence-corrected chi connectivity index (χ2v) is 4.96. The number of hydrogen-bond acceptors (Lipinski definition) is 4. The average molecular weight is 331 g/mol. The molecule has 0 aliphatic rings. The summed E-state index contributed by atoms with van der Waals surface area (Å²) in [6.45, 7) is 0. The zero-order valence-corrected chi connectivity index (χ0v) is 13.0. The molecule has 6 heteroatoms. The molecule has 2 rings (SSSR count). The van der Waals surface area contributed by atoms with E-state index in [9.17, 15) is 14.7 Å². The predicted molar refractivity (Wildman–Crippen MR) is 84.9 cm³/mol. The van der Waals surface area contributed by atoms with Gasteiger partial charge in [0.15, 0.2) is 0 Å². The summed E-state index contributed by atoms with van der Waals surface area (Å²) in [5.41, 5.74) is 0.389. The molecule has 0 aliphatic heterocycles. The van der Waals surface area contributed by atoms with Gasteiger partial charge in [-0.05, 0) is 35.9 Å². The van der Waals surface area contributed by atoms with Gasteiger partial charge in [-0.25, -0.2) is 0 Å². The number of halogens is 1. The van der Waals surface area contributed by atoms with E-state index in [0.29, 0.717) is 11.3 Å². The maximum absolute atomic E-state index is 12.1. The van der Waals surface area contributed by atoms with E-state index in [4.69, 9.17) is 16.3 Å². The predicted octanol–water partition coefficient (Wildman–Crippen LogP) is 1.87. The summed E-state index contributed by atoms with van der Waals surface area (Å²) >= 11 is 5.92. The molecule has 0 saturated heterocycles. The van der Waals surface area contributed by atoms with Gasteiger partial charge in [-0.1, -0.05) is 35.9 Å². The van der Waals surface area contributed by atoms with E-state index in [1.54, 1.807) is 42.5 Å². The average Bonchev–Trinajstić information content (AvgIpc) is 2.55. The molecule has 0 fully saturated rings. The van der Waals surface area contributed by atoms with Crippen LogP contribution in [-0.2, 0) is 4.79 Å². The summed E-state index contributed by atoms with van der Waals surface area (Å²) in [4.78, 5) is 23.4. The minimum Gasteiger partial charge on any atom is -0.543 e. The molecule has 0 radical (unpaired) electrons. The van der Waals surface area contributed by atoms with Crippen molar-refractivity contribution in [3.05, 3.63) is 70.4 Å². The fourth-order valence-electron chi connectivity index (χ4n) is 1.85. The van der Waals surface area contributed by atoms with Crippen LogP contribution >= 0.6 is 11.6 Å². The van der Waals surface area contributed by atoms with Gasteiger partial charge in [0.25, 0.3) is 5.91 Å². The highest BCUT2D eigenvalue weighted by molar-refractivity contribution is 6.34. The molecule has 1 N–H and O–H groups in total. The van der Waals surface area contributed by atoms with Crippen LogP contribution in [-0.4, -0.2) is 19.0 Å². The Morgan fingerprint density at radius 1 is 1.13 bits per heavy atom. The second-order valence-electron chi connectivity index (χ2n) is 4.55. The lowest BCUT2D eigenvalue weighted by molar-refractivity contribution is -0.299. The van der Waals surface area contributed by atoms with Gasteiger partial charge in [0, 0.05) is 0 Å². The van der Waals surface area contributed by atoms with Crippen molar-refractivity contribution in [1.29, 1.82) is 0 Å². The van der Waals surface area contributed by atoms with Crippen molar-refractivity contribution in [3.8, 4) is 5.75 Å². The normalized spacial score (nSPS) is 11.0. The number of benzene rings is 2. The molecule has 2 aromatic carbocycles. The smallest absolute Gasteiger partial charge is 0.257 e. The number of ether oxygens (including phenoxy) is 1. The maximum Gasteiger partial charge on any atom is 0.257 e. The van der Waals surface area contributed by atoms with E-state index in [1.807, 2.05) is 0 Å². The minimum absolute atomic E-state index is 0.177. The molecule has 2 aromatic rings. The van der Waals surface area contributed by atoms with E-state index >= 15 is 0 Å². The molecule has 0 bridgehead atoms. The van der Waals surface area contributed by atoms with Crippen molar-refractivity contribution in [2.75, 3.05) is 7.11 Å². The van der Waals surface area contributed by atoms with Gasteiger partial charge in [0.1, 0.15) is 5.75 Å². The quantitative estimate of drug-likeness (QED) is 0.849. The number of hydrogen-bond donors (Lipinski definition) is 1. The lowest BCUT2D eigenvalue weighted by Crippen LogP contribution is -2.35. The lowest BCUT2D eigenvalue weighted by Gasteiger charge is -2.12. The van der Waals surface area contributed by atoms with Gasteiger partial charge in [-0.15, -0.1) is 0 Å². The highest BCUT2D eigenvalue weighted by Gasteiger charge is 2.11. The number of carbonyl (C=O) groups is 2. The Bertz CT molecular complexity index is 753. The van der Waals surface area contributed by atoms with Crippen LogP contribution in [0.2, 0.25) is 5.02 Å². The van der Waals surface area contributed by atoms with Gasteiger partial charge in [-0.2, -0.15) is 0 Å². The zero-order chi connectivity index (χ0) is 16.8. The monoisotopic (exact) mass is 330 g/mol. The van der Waals surface area contributed by atoms with Crippen molar-refractivity contribution in [3.63, 3.8) is 0 Å². The van der Waals surface area contributed by atoms with Crippen LogP contribution in [0.25, 0.3) is 6.08 Å². The van der Waals surface area contributed by atoms with E-state index in [-0.39, 0.29) is 16.3 Å². The maximum atomic E-state index is 12.1. The van der Waals surface area contributed by atoms with Crippen LogP contribution in [0.15, 0.2) is 54.2 Å². The lowest BCUT2D eigenvalue weighted by atomic mass is 10.1. The molecule has 0 spiro atoms. The van der Waals surface area contributed by atoms with E-state index in [0.717, 1.165) is 0 Å². The highest BCUT2D eigenvalue weighted by atomic mass is 35.5. The molecule has 0 atom stereocenters. The summed E-state index contributed by atoms with van der Waals surface area (Å²) in [6.07, 6.45) is 1.30. The molecule has 1 amide bonds. The van der Waals surface area contributed by atoms with Crippen LogP contribution in [0.5, 0.6) is 5.75 Å². The summed E-state index contributed by atoms with van der Waals surface area (Å²) < 4.78 is 5.02. The second kappa shape index (κ2) is 7.47. The number of rotatable bonds is 5. The SMILES string of the molecule is COc1ccc(C=C(NC(=O)c2ccccc2Cl)C(=O)[O-])cc1. The first-order chi connectivity index (χ1) is 11.0. The molecule has 5 nitrogen and oxygen atoms in total. The van der Waals surface area contributed by atoms with Crippen LogP contribution in [0, 0.1) is 0 Å². The van der Waals surface area contributed by atoms with Gasteiger partial charge in [-0.3, -0.25) is 4.79 Å². The van der Waals surface area contributed by atoms with Gasteiger partial charge in [0.05, 0.1) is 29.4 Å². The summed E-state index contributed by atoms with van der Waals surface area (Å²) in [5, 5.41) is 13.8. The third kappa shape index (κ3) is 4.34. The van der Waals surface area contributed by atoms with E-state index < -0.39 is 11.9 Å². The Hall–Kier alpha value is -2.79. The number of amides is 1. The van der Waals surface area contributed by atoms with Crippen LogP contribution in [0.1, 0.15) is 15.9 Å². The summed E-state index contributed by atoms with van der Waals surface area (Å²) in [5.74, 6) is -1.49. The van der Waals surface area contributed by atoms with Crippen LogP contribution < -0.4 is 15.2 Å². The van der Waals surface area contributed by atoms with Crippen molar-refractivity contribution in [2.45, 2.75) is 0 Å². The molecular formula is C17H13ClNO4-. The van der Waals surface area contributed by atoms with Crippen molar-refractivity contribution in [2.24, 2.45) is 0 Å². The van der Waals surface area contributed by atoms with Gasteiger partial charge < -0.3 is 20.0 Å². The molecule has 0 aliphatic carbocycles.